The second kappa shape index (κ2) is 4.12. The van der Waals surface area contributed by atoms with E-state index in [1.54, 1.807) is 19.6 Å². The minimum Gasteiger partial charge on any atom is -0.294 e. The molecule has 0 unspecified atom stereocenters. The molecule has 13 heavy (non-hydrogen) atoms. The van der Waals surface area contributed by atoms with Crippen molar-refractivity contribution in [2.45, 2.75) is 26.7 Å². The van der Waals surface area contributed by atoms with Crippen LogP contribution in [0.2, 0.25) is 0 Å². The van der Waals surface area contributed by atoms with Gasteiger partial charge in [0.05, 0.1) is 5.69 Å². The lowest BCUT2D eigenvalue weighted by atomic mass is 10.0. The molecule has 0 amide bonds. The summed E-state index contributed by atoms with van der Waals surface area (Å²) in [6.45, 7) is 6.29. The minimum atomic E-state index is 0.437. The summed E-state index contributed by atoms with van der Waals surface area (Å²) < 4.78 is 0. The average molecular weight is 177 g/mol. The van der Waals surface area contributed by atoms with E-state index in [1.165, 1.54) is 0 Å². The van der Waals surface area contributed by atoms with Crippen LogP contribution in [0.3, 0.4) is 0 Å². The summed E-state index contributed by atoms with van der Waals surface area (Å²) in [6.07, 6.45) is 3.36. The highest BCUT2D eigenvalue weighted by Crippen LogP contribution is 2.16. The van der Waals surface area contributed by atoms with Gasteiger partial charge in [-0.2, -0.15) is 0 Å². The monoisotopic (exact) mass is 177 g/mol. The SMILES string of the molecule is C/N=C\c1ncnc(C(C)C)c1C. The van der Waals surface area contributed by atoms with Crippen LogP contribution in [0.25, 0.3) is 0 Å². The summed E-state index contributed by atoms with van der Waals surface area (Å²) in [6, 6.07) is 0. The van der Waals surface area contributed by atoms with E-state index in [2.05, 4.69) is 28.8 Å². The first-order valence-corrected chi connectivity index (χ1v) is 4.40. The maximum atomic E-state index is 4.25. The Morgan fingerprint density at radius 3 is 2.62 bits per heavy atom. The maximum absolute atomic E-state index is 4.25. The van der Waals surface area contributed by atoms with Gasteiger partial charge in [0.25, 0.3) is 0 Å². The molecule has 1 heterocycles. The first kappa shape index (κ1) is 9.84. The zero-order valence-corrected chi connectivity index (χ0v) is 8.57. The van der Waals surface area contributed by atoms with Gasteiger partial charge in [-0.25, -0.2) is 9.97 Å². The first-order chi connectivity index (χ1) is 6.16. The molecule has 0 aromatic carbocycles. The van der Waals surface area contributed by atoms with Crippen molar-refractivity contribution < 1.29 is 0 Å². The fraction of sp³-hybridized carbons (Fsp3) is 0.500. The quantitative estimate of drug-likeness (QED) is 0.648. The van der Waals surface area contributed by atoms with E-state index in [9.17, 15) is 0 Å². The Kier molecular flexibility index (Phi) is 3.12. The van der Waals surface area contributed by atoms with E-state index < -0.39 is 0 Å². The highest BCUT2D eigenvalue weighted by atomic mass is 14.9. The van der Waals surface area contributed by atoms with Gasteiger partial charge in [0.15, 0.2) is 0 Å². The van der Waals surface area contributed by atoms with Gasteiger partial charge in [-0.15, -0.1) is 0 Å². The molecule has 0 spiro atoms. The van der Waals surface area contributed by atoms with Crippen LogP contribution in [-0.4, -0.2) is 23.2 Å². The molecule has 0 aliphatic rings. The lowest BCUT2D eigenvalue weighted by molar-refractivity contribution is 0.800. The predicted octanol–water partition coefficient (Wildman–Crippen LogP) is 1.96. The molecule has 0 saturated carbocycles. The Labute approximate surface area is 79.0 Å². The molecular weight excluding hydrogens is 162 g/mol. The molecule has 0 aliphatic carbocycles. The van der Waals surface area contributed by atoms with Crippen molar-refractivity contribution in [2.24, 2.45) is 4.99 Å². The van der Waals surface area contributed by atoms with Crippen molar-refractivity contribution in [1.29, 1.82) is 0 Å². The van der Waals surface area contributed by atoms with Crippen LogP contribution in [0, 0.1) is 6.92 Å². The van der Waals surface area contributed by atoms with E-state index >= 15 is 0 Å². The number of hydrogen-bond acceptors (Lipinski definition) is 3. The Hall–Kier alpha value is -1.25. The molecule has 0 bridgehead atoms. The topological polar surface area (TPSA) is 38.1 Å². The molecule has 3 heteroatoms. The van der Waals surface area contributed by atoms with Gasteiger partial charge in [0, 0.05) is 19.0 Å². The van der Waals surface area contributed by atoms with Crippen LogP contribution >= 0.6 is 0 Å². The van der Waals surface area contributed by atoms with E-state index in [4.69, 9.17) is 0 Å². The first-order valence-electron chi connectivity index (χ1n) is 4.40. The van der Waals surface area contributed by atoms with Crippen LogP contribution in [0.4, 0.5) is 0 Å². The molecular formula is C10H15N3. The largest absolute Gasteiger partial charge is 0.294 e. The third kappa shape index (κ3) is 2.11. The molecule has 0 atom stereocenters. The Bertz CT molecular complexity index is 316. The van der Waals surface area contributed by atoms with Gasteiger partial charge < -0.3 is 0 Å². The highest BCUT2D eigenvalue weighted by molar-refractivity contribution is 5.79. The molecule has 0 fully saturated rings. The van der Waals surface area contributed by atoms with E-state index in [0.29, 0.717) is 5.92 Å². The summed E-state index contributed by atoms with van der Waals surface area (Å²) in [5, 5.41) is 0. The molecule has 1 aromatic rings. The molecule has 1 rings (SSSR count). The van der Waals surface area contributed by atoms with E-state index in [0.717, 1.165) is 17.0 Å². The van der Waals surface area contributed by atoms with Crippen molar-refractivity contribution in [3.05, 3.63) is 23.3 Å². The highest BCUT2D eigenvalue weighted by Gasteiger charge is 2.07. The van der Waals surface area contributed by atoms with Crippen molar-refractivity contribution in [1.82, 2.24) is 9.97 Å². The fourth-order valence-electron chi connectivity index (χ4n) is 1.31. The zero-order chi connectivity index (χ0) is 9.84. The van der Waals surface area contributed by atoms with Gasteiger partial charge >= 0.3 is 0 Å². The van der Waals surface area contributed by atoms with Crippen molar-refractivity contribution >= 4 is 6.21 Å². The van der Waals surface area contributed by atoms with Crippen molar-refractivity contribution in [3.63, 3.8) is 0 Å². The van der Waals surface area contributed by atoms with Crippen LogP contribution in [0.5, 0.6) is 0 Å². The third-order valence-electron chi connectivity index (χ3n) is 1.96. The number of nitrogens with zero attached hydrogens (tertiary/aromatic N) is 3. The fourth-order valence-corrected chi connectivity index (χ4v) is 1.31. The standard InChI is InChI=1S/C10H15N3/c1-7(2)10-8(3)9(5-11-4)12-6-13-10/h5-7H,1-4H3/b11-5-. The summed E-state index contributed by atoms with van der Waals surface area (Å²) in [4.78, 5) is 12.4. The number of aromatic nitrogens is 2. The summed E-state index contributed by atoms with van der Waals surface area (Å²) >= 11 is 0. The lowest BCUT2D eigenvalue weighted by Gasteiger charge is -2.08. The second-order valence-corrected chi connectivity index (χ2v) is 3.31. The summed E-state index contributed by atoms with van der Waals surface area (Å²) in [5.41, 5.74) is 3.15. The Balaban J connectivity index is 3.18. The third-order valence-corrected chi connectivity index (χ3v) is 1.96. The number of hydrogen-bond donors (Lipinski definition) is 0. The second-order valence-electron chi connectivity index (χ2n) is 3.31. The molecule has 3 nitrogen and oxygen atoms in total. The normalized spacial score (nSPS) is 11.5. The molecule has 0 aliphatic heterocycles. The molecule has 0 radical (unpaired) electrons. The zero-order valence-electron chi connectivity index (χ0n) is 8.57. The smallest absolute Gasteiger partial charge is 0.116 e. The molecule has 0 saturated heterocycles. The van der Waals surface area contributed by atoms with Gasteiger partial charge in [-0.05, 0) is 18.4 Å². The minimum absolute atomic E-state index is 0.437. The van der Waals surface area contributed by atoms with E-state index in [1.807, 2.05) is 6.92 Å². The van der Waals surface area contributed by atoms with Crippen LogP contribution in [0.15, 0.2) is 11.3 Å². The van der Waals surface area contributed by atoms with Gasteiger partial charge in [0.1, 0.15) is 6.33 Å². The van der Waals surface area contributed by atoms with E-state index in [-0.39, 0.29) is 0 Å². The molecule has 0 N–H and O–H groups in total. The summed E-state index contributed by atoms with van der Waals surface area (Å²) in [7, 11) is 1.75. The van der Waals surface area contributed by atoms with Crippen LogP contribution < -0.4 is 0 Å². The van der Waals surface area contributed by atoms with Crippen molar-refractivity contribution in [3.8, 4) is 0 Å². The summed E-state index contributed by atoms with van der Waals surface area (Å²) in [5.74, 6) is 0.437. The number of rotatable bonds is 2. The predicted molar refractivity (Wildman–Crippen MR) is 54.4 cm³/mol. The Morgan fingerprint density at radius 1 is 1.38 bits per heavy atom. The maximum Gasteiger partial charge on any atom is 0.116 e. The molecule has 1 aromatic heterocycles. The van der Waals surface area contributed by atoms with Gasteiger partial charge in [-0.3, -0.25) is 4.99 Å². The van der Waals surface area contributed by atoms with Crippen LogP contribution in [-0.2, 0) is 0 Å². The van der Waals surface area contributed by atoms with Crippen molar-refractivity contribution in [2.75, 3.05) is 7.05 Å². The average Bonchev–Trinajstić information content (AvgIpc) is 2.08. The van der Waals surface area contributed by atoms with Gasteiger partial charge in [0.2, 0.25) is 0 Å². The van der Waals surface area contributed by atoms with Gasteiger partial charge in [-0.1, -0.05) is 13.8 Å². The number of aliphatic imine (C=N–C) groups is 1. The Morgan fingerprint density at radius 2 is 2.08 bits per heavy atom. The lowest BCUT2D eigenvalue weighted by Crippen LogP contribution is -2.02. The molecule has 70 valence electrons. The van der Waals surface area contributed by atoms with Crippen LogP contribution in [0.1, 0.15) is 36.7 Å².